The van der Waals surface area contributed by atoms with E-state index in [1.807, 2.05) is 31.3 Å². The van der Waals surface area contributed by atoms with E-state index in [1.165, 1.54) is 0 Å². The number of amides is 1. The third kappa shape index (κ3) is 2.30. The minimum Gasteiger partial charge on any atom is -0.357 e. The lowest BCUT2D eigenvalue weighted by molar-refractivity contribution is -0.125. The van der Waals surface area contributed by atoms with Crippen LogP contribution in [-0.4, -0.2) is 36.9 Å². The molecule has 78 valence electrons. The van der Waals surface area contributed by atoms with Crippen LogP contribution in [-0.2, 0) is 4.79 Å². The van der Waals surface area contributed by atoms with Crippen LogP contribution in [0.1, 0.15) is 16.7 Å². The van der Waals surface area contributed by atoms with Gasteiger partial charge in [-0.25, -0.2) is 4.98 Å². The Kier molecular flexibility index (Phi) is 3.60. The average Bonchev–Trinajstić information content (AvgIpc) is 2.51. The van der Waals surface area contributed by atoms with Crippen molar-refractivity contribution in [3.8, 4) is 0 Å². The molecule has 0 aliphatic heterocycles. The number of aromatic nitrogens is 1. The molecule has 1 aromatic rings. The van der Waals surface area contributed by atoms with Gasteiger partial charge in [-0.15, -0.1) is 11.3 Å². The van der Waals surface area contributed by atoms with Gasteiger partial charge in [0, 0.05) is 12.4 Å². The fourth-order valence-corrected chi connectivity index (χ4v) is 1.91. The summed E-state index contributed by atoms with van der Waals surface area (Å²) in [6.45, 7) is 1.94. The molecule has 0 spiro atoms. The molecule has 0 saturated carbocycles. The zero-order valence-electron chi connectivity index (χ0n) is 8.87. The lowest BCUT2D eigenvalue weighted by Crippen LogP contribution is -2.35. The average molecular weight is 213 g/mol. The summed E-state index contributed by atoms with van der Waals surface area (Å²) in [5.41, 5.74) is 0.817. The van der Waals surface area contributed by atoms with Gasteiger partial charge < -0.3 is 5.32 Å². The van der Waals surface area contributed by atoms with Crippen LogP contribution in [0.3, 0.4) is 0 Å². The number of carbonyl (C=O) groups is 1. The van der Waals surface area contributed by atoms with Gasteiger partial charge in [0.25, 0.3) is 0 Å². The van der Waals surface area contributed by atoms with Crippen LogP contribution >= 0.6 is 11.3 Å². The molecule has 0 saturated heterocycles. The number of hydrogen-bond acceptors (Lipinski definition) is 4. The number of nitrogens with one attached hydrogen (secondary N) is 1. The Morgan fingerprint density at radius 3 is 2.64 bits per heavy atom. The molecule has 0 fully saturated rings. The zero-order chi connectivity index (χ0) is 10.7. The van der Waals surface area contributed by atoms with E-state index in [1.54, 1.807) is 18.4 Å². The van der Waals surface area contributed by atoms with Crippen molar-refractivity contribution in [3.05, 3.63) is 16.1 Å². The first-order chi connectivity index (χ1) is 6.56. The smallest absolute Gasteiger partial charge is 0.243 e. The maximum atomic E-state index is 11.6. The van der Waals surface area contributed by atoms with Crippen LogP contribution in [0.4, 0.5) is 0 Å². The summed E-state index contributed by atoms with van der Waals surface area (Å²) in [6.07, 6.45) is 0. The first-order valence-corrected chi connectivity index (χ1v) is 5.24. The molecule has 0 aromatic carbocycles. The second-order valence-electron chi connectivity index (χ2n) is 3.27. The van der Waals surface area contributed by atoms with Gasteiger partial charge in [-0.3, -0.25) is 9.69 Å². The minimum absolute atomic E-state index is 0.0275. The topological polar surface area (TPSA) is 45.2 Å². The third-order valence-electron chi connectivity index (χ3n) is 1.93. The molecule has 1 amide bonds. The molecule has 0 aliphatic carbocycles. The summed E-state index contributed by atoms with van der Waals surface area (Å²) in [6, 6.07) is -0.287. The second-order valence-corrected chi connectivity index (χ2v) is 4.33. The van der Waals surface area contributed by atoms with Crippen LogP contribution < -0.4 is 5.32 Å². The van der Waals surface area contributed by atoms with Crippen molar-refractivity contribution in [2.24, 2.45) is 0 Å². The highest BCUT2D eigenvalue weighted by atomic mass is 32.1. The molecule has 1 rings (SSSR count). The molecule has 1 heterocycles. The number of nitrogens with zero attached hydrogens (tertiary/aromatic N) is 2. The summed E-state index contributed by atoms with van der Waals surface area (Å²) in [4.78, 5) is 17.7. The van der Waals surface area contributed by atoms with Crippen LogP contribution in [0, 0.1) is 6.92 Å². The van der Waals surface area contributed by atoms with Crippen LogP contribution in [0.15, 0.2) is 5.38 Å². The Morgan fingerprint density at radius 1 is 1.64 bits per heavy atom. The molecule has 0 bridgehead atoms. The standard InChI is InChI=1S/C9H15N3OS/c1-6-11-7(5-14-6)8(12(3)4)9(13)10-2/h5,8H,1-4H3,(H,10,13). The Hall–Kier alpha value is -0.940. The molecule has 1 unspecified atom stereocenters. The fraction of sp³-hybridized carbons (Fsp3) is 0.556. The van der Waals surface area contributed by atoms with Crippen LogP contribution in [0.25, 0.3) is 0 Å². The summed E-state index contributed by atoms with van der Waals surface area (Å²) in [5.74, 6) is -0.0275. The Morgan fingerprint density at radius 2 is 2.29 bits per heavy atom. The van der Waals surface area contributed by atoms with Crippen molar-refractivity contribution in [1.29, 1.82) is 0 Å². The van der Waals surface area contributed by atoms with Gasteiger partial charge in [-0.1, -0.05) is 0 Å². The van der Waals surface area contributed by atoms with Gasteiger partial charge in [-0.2, -0.15) is 0 Å². The number of likely N-dealkylation sites (N-methyl/N-ethyl adjacent to an activating group) is 2. The molecule has 14 heavy (non-hydrogen) atoms. The van der Waals surface area contributed by atoms with E-state index in [0.29, 0.717) is 0 Å². The van der Waals surface area contributed by atoms with Gasteiger partial charge in [0.2, 0.25) is 5.91 Å². The predicted molar refractivity (Wildman–Crippen MR) is 57.3 cm³/mol. The lowest BCUT2D eigenvalue weighted by atomic mass is 10.2. The first kappa shape index (κ1) is 11.1. The second kappa shape index (κ2) is 4.52. The number of hydrogen-bond donors (Lipinski definition) is 1. The molecule has 0 aliphatic rings. The Balaban J connectivity index is 2.94. The normalized spacial score (nSPS) is 12.9. The van der Waals surface area contributed by atoms with Crippen molar-refractivity contribution < 1.29 is 4.79 Å². The van der Waals surface area contributed by atoms with Gasteiger partial charge in [0.05, 0.1) is 10.7 Å². The molecule has 1 aromatic heterocycles. The van der Waals surface area contributed by atoms with Crippen LogP contribution in [0.2, 0.25) is 0 Å². The zero-order valence-corrected chi connectivity index (χ0v) is 9.68. The van der Waals surface area contributed by atoms with Gasteiger partial charge in [0.15, 0.2) is 0 Å². The van der Waals surface area contributed by atoms with Crippen molar-refractivity contribution in [3.63, 3.8) is 0 Å². The molecule has 1 N–H and O–H groups in total. The van der Waals surface area contributed by atoms with Gasteiger partial charge in [0.1, 0.15) is 6.04 Å². The predicted octanol–water partition coefficient (Wildman–Crippen LogP) is 0.800. The summed E-state index contributed by atoms with van der Waals surface area (Å²) < 4.78 is 0. The van der Waals surface area contributed by atoms with E-state index < -0.39 is 0 Å². The Bertz CT molecular complexity index is 322. The van der Waals surface area contributed by atoms with Crippen molar-refractivity contribution in [2.75, 3.05) is 21.1 Å². The van der Waals surface area contributed by atoms with Crippen molar-refractivity contribution >= 4 is 17.2 Å². The SMILES string of the molecule is CNC(=O)C(c1csc(C)n1)N(C)C. The summed E-state index contributed by atoms with van der Waals surface area (Å²) in [5, 5.41) is 5.55. The number of aryl methyl sites for hydroxylation is 1. The third-order valence-corrected chi connectivity index (χ3v) is 2.72. The largest absolute Gasteiger partial charge is 0.357 e. The highest BCUT2D eigenvalue weighted by Crippen LogP contribution is 2.20. The van der Waals surface area contributed by atoms with Gasteiger partial charge >= 0.3 is 0 Å². The molecule has 5 heteroatoms. The molecular weight excluding hydrogens is 198 g/mol. The Labute approximate surface area is 88.0 Å². The highest BCUT2D eigenvalue weighted by Gasteiger charge is 2.23. The maximum absolute atomic E-state index is 11.6. The van der Waals surface area contributed by atoms with E-state index in [9.17, 15) is 4.79 Å². The molecule has 4 nitrogen and oxygen atoms in total. The van der Waals surface area contributed by atoms with E-state index in [2.05, 4.69) is 10.3 Å². The van der Waals surface area contributed by atoms with Gasteiger partial charge in [-0.05, 0) is 21.0 Å². The van der Waals surface area contributed by atoms with Crippen molar-refractivity contribution in [2.45, 2.75) is 13.0 Å². The van der Waals surface area contributed by atoms with Crippen LogP contribution in [0.5, 0.6) is 0 Å². The number of rotatable bonds is 3. The maximum Gasteiger partial charge on any atom is 0.243 e. The summed E-state index contributed by atoms with van der Waals surface area (Å²) >= 11 is 1.56. The minimum atomic E-state index is -0.287. The molecular formula is C9H15N3OS. The van der Waals surface area contributed by atoms with Crippen molar-refractivity contribution in [1.82, 2.24) is 15.2 Å². The highest BCUT2D eigenvalue weighted by molar-refractivity contribution is 7.09. The lowest BCUT2D eigenvalue weighted by Gasteiger charge is -2.20. The van der Waals surface area contributed by atoms with E-state index in [-0.39, 0.29) is 11.9 Å². The molecule has 1 atom stereocenters. The number of carbonyl (C=O) groups excluding carboxylic acids is 1. The quantitative estimate of drug-likeness (QED) is 0.808. The van der Waals surface area contributed by atoms with E-state index >= 15 is 0 Å². The first-order valence-electron chi connectivity index (χ1n) is 4.36. The monoisotopic (exact) mass is 213 g/mol. The van der Waals surface area contributed by atoms with E-state index in [4.69, 9.17) is 0 Å². The molecule has 0 radical (unpaired) electrons. The van der Waals surface area contributed by atoms with E-state index in [0.717, 1.165) is 10.7 Å². The number of thiazole rings is 1. The summed E-state index contributed by atoms with van der Waals surface area (Å²) in [7, 11) is 5.38. The fourth-order valence-electron chi connectivity index (χ4n) is 1.28.